The predicted molar refractivity (Wildman–Crippen MR) is 113 cm³/mol. The maximum atomic E-state index is 13.6. The number of aliphatic carboxylic acids is 1. The Labute approximate surface area is 182 Å². The molecule has 0 heterocycles. The third-order valence-electron chi connectivity index (χ3n) is 4.95. The molecule has 3 aromatic rings. The first-order valence-electron chi connectivity index (χ1n) is 9.78. The van der Waals surface area contributed by atoms with Gasteiger partial charge in [-0.25, -0.2) is 0 Å². The second kappa shape index (κ2) is 9.84. The zero-order valence-electron chi connectivity index (χ0n) is 17.0. The number of hydrogen-bond acceptors (Lipinski definition) is 4. The normalized spacial score (nSPS) is 12.4. The van der Waals surface area contributed by atoms with E-state index in [2.05, 4.69) is 0 Å². The van der Waals surface area contributed by atoms with Gasteiger partial charge in [0.25, 0.3) is 0 Å². The molecule has 0 saturated heterocycles. The van der Waals surface area contributed by atoms with Crippen molar-refractivity contribution < 1.29 is 32.9 Å². The number of para-hydroxylation sites is 1. The summed E-state index contributed by atoms with van der Waals surface area (Å²) in [5.41, 5.74) is 7.14. The van der Waals surface area contributed by atoms with Crippen LogP contribution in [0.2, 0.25) is 0 Å². The summed E-state index contributed by atoms with van der Waals surface area (Å²) in [6, 6.07) is 16.4. The van der Waals surface area contributed by atoms with Crippen LogP contribution in [0.3, 0.4) is 0 Å². The van der Waals surface area contributed by atoms with Crippen LogP contribution in [0.15, 0.2) is 66.7 Å². The lowest BCUT2D eigenvalue weighted by Crippen LogP contribution is -2.14. The average Bonchev–Trinajstić information content (AvgIpc) is 2.76. The molecule has 4 N–H and O–H groups in total. The van der Waals surface area contributed by atoms with Gasteiger partial charge in [0.1, 0.15) is 12.4 Å². The highest BCUT2D eigenvalue weighted by Crippen LogP contribution is 2.35. The summed E-state index contributed by atoms with van der Waals surface area (Å²) in [7, 11) is 0. The van der Waals surface area contributed by atoms with Crippen LogP contribution in [0.5, 0.6) is 5.75 Å². The fraction of sp³-hybridized carbons (Fsp3) is 0.208. The molecule has 0 aliphatic carbocycles. The number of rotatable bonds is 8. The van der Waals surface area contributed by atoms with Crippen LogP contribution in [0.1, 0.15) is 28.3 Å². The van der Waals surface area contributed by atoms with Gasteiger partial charge in [0.05, 0.1) is 24.6 Å². The zero-order chi connectivity index (χ0) is 23.3. The Kier molecular flexibility index (Phi) is 7.17. The lowest BCUT2D eigenvalue weighted by molar-refractivity contribution is -0.138. The number of aliphatic hydroxyl groups is 1. The van der Waals surface area contributed by atoms with Gasteiger partial charge < -0.3 is 20.7 Å². The summed E-state index contributed by atoms with van der Waals surface area (Å²) in [5, 5.41) is 18.3. The summed E-state index contributed by atoms with van der Waals surface area (Å²) < 4.78 is 46.4. The molecule has 3 rings (SSSR count). The van der Waals surface area contributed by atoms with Gasteiger partial charge in [-0.15, -0.1) is 0 Å². The van der Waals surface area contributed by atoms with Crippen LogP contribution in [0.25, 0.3) is 11.1 Å². The van der Waals surface area contributed by atoms with Crippen molar-refractivity contribution >= 4 is 5.97 Å². The van der Waals surface area contributed by atoms with E-state index in [1.54, 1.807) is 42.5 Å². The van der Waals surface area contributed by atoms with Crippen molar-refractivity contribution in [1.82, 2.24) is 0 Å². The van der Waals surface area contributed by atoms with Crippen molar-refractivity contribution in [2.24, 2.45) is 5.73 Å². The lowest BCUT2D eigenvalue weighted by atomic mass is 9.96. The van der Waals surface area contributed by atoms with Gasteiger partial charge in [0, 0.05) is 11.1 Å². The highest BCUT2D eigenvalue weighted by molar-refractivity contribution is 5.71. The molecule has 0 aliphatic heterocycles. The molecule has 32 heavy (non-hydrogen) atoms. The third kappa shape index (κ3) is 5.66. The molecule has 0 amide bonds. The smallest absolute Gasteiger partial charge is 0.416 e. The molecule has 168 valence electrons. The molecule has 0 aliphatic rings. The molecule has 0 bridgehead atoms. The SMILES string of the molecule is NC(CO)c1cccc(-c2ccc(C(F)(F)F)c(COc3ccccc3CC(=O)O)c2)c1. The fourth-order valence-electron chi connectivity index (χ4n) is 3.33. The summed E-state index contributed by atoms with van der Waals surface area (Å²) in [5.74, 6) is -0.857. The first-order valence-corrected chi connectivity index (χ1v) is 9.78. The Morgan fingerprint density at radius 3 is 2.38 bits per heavy atom. The molecule has 3 aromatic carbocycles. The summed E-state index contributed by atoms with van der Waals surface area (Å²) >= 11 is 0. The van der Waals surface area contributed by atoms with E-state index in [0.29, 0.717) is 22.3 Å². The molecule has 0 spiro atoms. The van der Waals surface area contributed by atoms with Crippen molar-refractivity contribution in [2.75, 3.05) is 6.61 Å². The van der Waals surface area contributed by atoms with E-state index < -0.39 is 30.4 Å². The Balaban J connectivity index is 1.96. The highest BCUT2D eigenvalue weighted by Gasteiger charge is 2.33. The maximum absolute atomic E-state index is 13.6. The van der Waals surface area contributed by atoms with Crippen molar-refractivity contribution in [1.29, 1.82) is 0 Å². The Morgan fingerprint density at radius 1 is 0.969 bits per heavy atom. The molecule has 5 nitrogen and oxygen atoms in total. The lowest BCUT2D eigenvalue weighted by Gasteiger charge is -2.17. The zero-order valence-corrected chi connectivity index (χ0v) is 17.0. The largest absolute Gasteiger partial charge is 0.489 e. The van der Waals surface area contributed by atoms with Gasteiger partial charge in [-0.2, -0.15) is 13.2 Å². The van der Waals surface area contributed by atoms with Gasteiger partial charge in [-0.3, -0.25) is 4.79 Å². The van der Waals surface area contributed by atoms with Crippen molar-refractivity contribution in [3.05, 3.63) is 89.0 Å². The standard InChI is InChI=1S/C24H22F3NO4/c25-24(26,27)20-9-8-16(15-5-3-6-17(10-15)21(28)13-29)11-19(20)14-32-22-7-2-1-4-18(22)12-23(30)31/h1-11,21,29H,12-14,28H2,(H,30,31). The quantitative estimate of drug-likeness (QED) is 0.472. The molecular formula is C24H22F3NO4. The molecule has 1 atom stereocenters. The van der Waals surface area contributed by atoms with E-state index in [0.717, 1.165) is 6.07 Å². The topological polar surface area (TPSA) is 92.8 Å². The number of aliphatic hydroxyl groups excluding tert-OH is 1. The maximum Gasteiger partial charge on any atom is 0.416 e. The minimum atomic E-state index is -4.58. The van der Waals surface area contributed by atoms with E-state index in [-0.39, 0.29) is 24.3 Å². The van der Waals surface area contributed by atoms with Crippen LogP contribution in [-0.2, 0) is 24.0 Å². The first-order chi connectivity index (χ1) is 15.2. The average molecular weight is 445 g/mol. The first kappa shape index (κ1) is 23.3. The molecule has 1 unspecified atom stereocenters. The monoisotopic (exact) mass is 445 g/mol. The van der Waals surface area contributed by atoms with E-state index in [9.17, 15) is 23.1 Å². The third-order valence-corrected chi connectivity index (χ3v) is 4.95. The number of nitrogens with two attached hydrogens (primary N) is 1. The van der Waals surface area contributed by atoms with Crippen molar-refractivity contribution in [2.45, 2.75) is 25.2 Å². The van der Waals surface area contributed by atoms with Crippen LogP contribution in [-0.4, -0.2) is 22.8 Å². The number of carboxylic acids is 1. The Hall–Kier alpha value is -3.36. The second-order valence-electron chi connectivity index (χ2n) is 7.25. The summed E-state index contributed by atoms with van der Waals surface area (Å²) in [6.45, 7) is -0.652. The summed E-state index contributed by atoms with van der Waals surface area (Å²) in [4.78, 5) is 11.1. The second-order valence-corrected chi connectivity index (χ2v) is 7.25. The van der Waals surface area contributed by atoms with Crippen LogP contribution >= 0.6 is 0 Å². The van der Waals surface area contributed by atoms with Gasteiger partial charge in [-0.05, 0) is 41.0 Å². The van der Waals surface area contributed by atoms with E-state index in [1.807, 2.05) is 0 Å². The number of ether oxygens (including phenoxy) is 1. The minimum absolute atomic E-state index is 0.0861. The fourth-order valence-corrected chi connectivity index (χ4v) is 3.33. The highest BCUT2D eigenvalue weighted by atomic mass is 19.4. The Bertz CT molecular complexity index is 1100. The number of carboxylic acid groups (broad SMARTS) is 1. The molecule has 0 fully saturated rings. The molecule has 0 saturated carbocycles. The summed E-state index contributed by atoms with van der Waals surface area (Å²) in [6.07, 6.45) is -4.89. The minimum Gasteiger partial charge on any atom is -0.489 e. The van der Waals surface area contributed by atoms with Crippen molar-refractivity contribution in [3.63, 3.8) is 0 Å². The molecular weight excluding hydrogens is 423 g/mol. The molecule has 0 radical (unpaired) electrons. The molecule has 8 heteroatoms. The number of alkyl halides is 3. The van der Waals surface area contributed by atoms with Gasteiger partial charge in [-0.1, -0.05) is 42.5 Å². The molecule has 0 aromatic heterocycles. The number of benzene rings is 3. The van der Waals surface area contributed by atoms with Crippen LogP contribution in [0.4, 0.5) is 13.2 Å². The van der Waals surface area contributed by atoms with E-state index in [4.69, 9.17) is 15.6 Å². The van der Waals surface area contributed by atoms with Crippen LogP contribution in [0, 0.1) is 0 Å². The number of halogens is 3. The van der Waals surface area contributed by atoms with Gasteiger partial charge in [0.2, 0.25) is 0 Å². The number of carbonyl (C=O) groups is 1. The van der Waals surface area contributed by atoms with Crippen LogP contribution < -0.4 is 10.5 Å². The van der Waals surface area contributed by atoms with Gasteiger partial charge >= 0.3 is 12.1 Å². The van der Waals surface area contributed by atoms with Crippen molar-refractivity contribution in [3.8, 4) is 16.9 Å². The van der Waals surface area contributed by atoms with E-state index >= 15 is 0 Å². The predicted octanol–water partition coefficient (Wildman–Crippen LogP) is 4.57. The van der Waals surface area contributed by atoms with E-state index in [1.165, 1.54) is 18.2 Å². The van der Waals surface area contributed by atoms with Gasteiger partial charge in [0.15, 0.2) is 0 Å². The number of hydrogen-bond donors (Lipinski definition) is 3. The Morgan fingerprint density at radius 2 is 1.69 bits per heavy atom.